The SMILES string of the molecule is [N-]=[N+]=NC1CN(Cc2ccccc2)CC1OCC#Cc1ccccc1. The average Bonchev–Trinajstić information content (AvgIpc) is 3.02. The highest BCUT2D eigenvalue weighted by Crippen LogP contribution is 2.19. The highest BCUT2D eigenvalue weighted by Gasteiger charge is 2.32. The molecule has 0 bridgehead atoms. The van der Waals surface area contributed by atoms with Gasteiger partial charge in [-0.25, -0.2) is 0 Å². The molecule has 5 nitrogen and oxygen atoms in total. The van der Waals surface area contributed by atoms with E-state index in [9.17, 15) is 0 Å². The predicted octanol–water partition coefficient (Wildman–Crippen LogP) is 3.62. The van der Waals surface area contributed by atoms with E-state index in [1.165, 1.54) is 5.56 Å². The first kappa shape index (κ1) is 17.1. The predicted molar refractivity (Wildman–Crippen MR) is 97.7 cm³/mol. The Hall–Kier alpha value is -2.77. The molecule has 1 aliphatic heterocycles. The summed E-state index contributed by atoms with van der Waals surface area (Å²) in [5.41, 5.74) is 11.0. The van der Waals surface area contributed by atoms with E-state index in [-0.39, 0.29) is 12.1 Å². The van der Waals surface area contributed by atoms with Crippen molar-refractivity contribution in [2.45, 2.75) is 18.7 Å². The van der Waals surface area contributed by atoms with Crippen molar-refractivity contribution in [2.24, 2.45) is 5.11 Å². The summed E-state index contributed by atoms with van der Waals surface area (Å²) in [6.07, 6.45) is -0.121. The Bertz CT molecular complexity index is 776. The maximum atomic E-state index is 8.80. The number of azide groups is 1. The molecule has 3 rings (SSSR count). The van der Waals surface area contributed by atoms with Crippen LogP contribution in [0.15, 0.2) is 65.8 Å². The summed E-state index contributed by atoms with van der Waals surface area (Å²) in [6.45, 7) is 2.60. The largest absolute Gasteiger partial charge is 0.364 e. The molecule has 1 saturated heterocycles. The molecule has 2 unspecified atom stereocenters. The minimum absolute atomic E-state index is 0.121. The number of likely N-dealkylation sites (tertiary alicyclic amines) is 1. The fourth-order valence-electron chi connectivity index (χ4n) is 2.95. The highest BCUT2D eigenvalue weighted by atomic mass is 16.5. The van der Waals surface area contributed by atoms with Gasteiger partial charge in [0.1, 0.15) is 6.61 Å². The van der Waals surface area contributed by atoms with Crippen LogP contribution in [0, 0.1) is 11.8 Å². The molecule has 1 fully saturated rings. The Balaban J connectivity index is 1.56. The van der Waals surface area contributed by atoms with E-state index in [0.29, 0.717) is 13.2 Å². The lowest BCUT2D eigenvalue weighted by atomic mass is 10.2. The molecule has 1 aliphatic rings. The molecule has 126 valence electrons. The highest BCUT2D eigenvalue weighted by molar-refractivity contribution is 5.33. The van der Waals surface area contributed by atoms with Gasteiger partial charge in [-0.05, 0) is 23.2 Å². The minimum Gasteiger partial charge on any atom is -0.364 e. The number of benzene rings is 2. The molecule has 2 aromatic rings. The van der Waals surface area contributed by atoms with Crippen LogP contribution in [-0.4, -0.2) is 36.7 Å². The maximum absolute atomic E-state index is 8.80. The fourth-order valence-corrected chi connectivity index (χ4v) is 2.95. The summed E-state index contributed by atoms with van der Waals surface area (Å²) >= 11 is 0. The Morgan fingerprint density at radius 1 is 1.08 bits per heavy atom. The van der Waals surface area contributed by atoms with Crippen molar-refractivity contribution in [3.8, 4) is 11.8 Å². The Morgan fingerprint density at radius 2 is 1.80 bits per heavy atom. The van der Waals surface area contributed by atoms with Crippen LogP contribution < -0.4 is 0 Å². The lowest BCUT2D eigenvalue weighted by Gasteiger charge is -2.15. The molecular formula is C20H20N4O. The summed E-state index contributed by atoms with van der Waals surface area (Å²) < 4.78 is 5.88. The van der Waals surface area contributed by atoms with Crippen molar-refractivity contribution < 1.29 is 4.74 Å². The van der Waals surface area contributed by atoms with E-state index in [1.807, 2.05) is 48.5 Å². The van der Waals surface area contributed by atoms with Crippen LogP contribution in [0.2, 0.25) is 0 Å². The Labute approximate surface area is 147 Å². The summed E-state index contributed by atoms with van der Waals surface area (Å²) in [4.78, 5) is 5.22. The Kier molecular flexibility index (Phi) is 6.08. The molecule has 0 amide bonds. The smallest absolute Gasteiger partial charge is 0.108 e. The molecule has 2 atom stereocenters. The van der Waals surface area contributed by atoms with Crippen molar-refractivity contribution in [1.82, 2.24) is 4.90 Å². The molecule has 0 saturated carbocycles. The van der Waals surface area contributed by atoms with Crippen LogP contribution in [-0.2, 0) is 11.3 Å². The van der Waals surface area contributed by atoms with E-state index in [2.05, 4.69) is 38.9 Å². The molecule has 0 N–H and O–H groups in total. The zero-order chi connectivity index (χ0) is 17.3. The van der Waals surface area contributed by atoms with Crippen LogP contribution in [0.1, 0.15) is 11.1 Å². The second kappa shape index (κ2) is 8.91. The summed E-state index contributed by atoms with van der Waals surface area (Å²) in [6, 6.07) is 19.9. The number of rotatable bonds is 5. The van der Waals surface area contributed by atoms with E-state index >= 15 is 0 Å². The monoisotopic (exact) mass is 332 g/mol. The van der Waals surface area contributed by atoms with Gasteiger partial charge in [-0.2, -0.15) is 0 Å². The quantitative estimate of drug-likeness (QED) is 0.363. The van der Waals surface area contributed by atoms with E-state index in [0.717, 1.165) is 18.7 Å². The van der Waals surface area contributed by atoms with E-state index in [4.69, 9.17) is 10.3 Å². The van der Waals surface area contributed by atoms with E-state index in [1.54, 1.807) is 0 Å². The molecule has 25 heavy (non-hydrogen) atoms. The number of nitrogens with zero attached hydrogens (tertiary/aromatic N) is 4. The summed E-state index contributed by atoms with van der Waals surface area (Å²) in [7, 11) is 0. The minimum atomic E-state index is -0.174. The third kappa shape index (κ3) is 5.10. The van der Waals surface area contributed by atoms with E-state index < -0.39 is 0 Å². The van der Waals surface area contributed by atoms with Crippen LogP contribution >= 0.6 is 0 Å². The van der Waals surface area contributed by atoms with Gasteiger partial charge in [0.15, 0.2) is 0 Å². The molecule has 0 spiro atoms. The number of hydrogen-bond donors (Lipinski definition) is 0. The standard InChI is InChI=1S/C20H20N4O/c21-23-22-19-15-24(14-18-10-5-2-6-11-18)16-20(19)25-13-7-12-17-8-3-1-4-9-17/h1-6,8-11,19-20H,13-16H2. The fraction of sp³-hybridized carbons (Fsp3) is 0.300. The second-order valence-corrected chi connectivity index (χ2v) is 5.97. The summed E-state index contributed by atoms with van der Waals surface area (Å²) in [5, 5.41) is 3.90. The normalized spacial score (nSPS) is 19.7. The first-order valence-electron chi connectivity index (χ1n) is 8.31. The van der Waals surface area contributed by atoms with Crippen LogP contribution in [0.25, 0.3) is 10.4 Å². The van der Waals surface area contributed by atoms with Gasteiger partial charge in [0, 0.05) is 30.1 Å². The summed E-state index contributed by atoms with van der Waals surface area (Å²) in [5.74, 6) is 6.10. The molecule has 1 heterocycles. The first-order chi connectivity index (χ1) is 12.3. The maximum Gasteiger partial charge on any atom is 0.108 e. The molecule has 2 aromatic carbocycles. The van der Waals surface area contributed by atoms with Crippen molar-refractivity contribution in [2.75, 3.05) is 19.7 Å². The van der Waals surface area contributed by atoms with Gasteiger partial charge in [-0.15, -0.1) is 0 Å². The molecule has 0 aliphatic carbocycles. The average molecular weight is 332 g/mol. The zero-order valence-corrected chi connectivity index (χ0v) is 14.0. The van der Waals surface area contributed by atoms with Crippen LogP contribution in [0.5, 0.6) is 0 Å². The van der Waals surface area contributed by atoms with Crippen molar-refractivity contribution in [3.63, 3.8) is 0 Å². The van der Waals surface area contributed by atoms with Gasteiger partial charge in [-0.3, -0.25) is 4.90 Å². The van der Waals surface area contributed by atoms with Crippen LogP contribution in [0.3, 0.4) is 0 Å². The molecular weight excluding hydrogens is 312 g/mol. The van der Waals surface area contributed by atoms with Crippen LogP contribution in [0.4, 0.5) is 0 Å². The third-order valence-corrected chi connectivity index (χ3v) is 4.14. The van der Waals surface area contributed by atoms with Gasteiger partial charge in [0.25, 0.3) is 0 Å². The topological polar surface area (TPSA) is 61.2 Å². The molecule has 0 radical (unpaired) electrons. The van der Waals surface area contributed by atoms with Crippen molar-refractivity contribution in [3.05, 3.63) is 82.2 Å². The van der Waals surface area contributed by atoms with Gasteiger partial charge in [0.2, 0.25) is 0 Å². The second-order valence-electron chi connectivity index (χ2n) is 5.97. The first-order valence-corrected chi connectivity index (χ1v) is 8.31. The zero-order valence-electron chi connectivity index (χ0n) is 14.0. The third-order valence-electron chi connectivity index (χ3n) is 4.14. The van der Waals surface area contributed by atoms with Gasteiger partial charge in [0.05, 0.1) is 12.1 Å². The van der Waals surface area contributed by atoms with Crippen molar-refractivity contribution in [1.29, 1.82) is 0 Å². The lowest BCUT2D eigenvalue weighted by molar-refractivity contribution is 0.0742. The molecule has 5 heteroatoms. The number of ether oxygens (including phenoxy) is 1. The van der Waals surface area contributed by atoms with Gasteiger partial charge < -0.3 is 4.74 Å². The molecule has 0 aromatic heterocycles. The Morgan fingerprint density at radius 3 is 2.52 bits per heavy atom. The van der Waals surface area contributed by atoms with Gasteiger partial charge >= 0.3 is 0 Å². The number of hydrogen-bond acceptors (Lipinski definition) is 3. The van der Waals surface area contributed by atoms with Gasteiger partial charge in [-0.1, -0.05) is 65.5 Å². The lowest BCUT2D eigenvalue weighted by Crippen LogP contribution is -2.25. The van der Waals surface area contributed by atoms with Crippen molar-refractivity contribution >= 4 is 0 Å².